The first-order chi connectivity index (χ1) is 29.0. The zero-order valence-corrected chi connectivity index (χ0v) is 37.4. The highest BCUT2D eigenvalue weighted by molar-refractivity contribution is 7.47. The van der Waals surface area contributed by atoms with Crippen molar-refractivity contribution in [1.29, 1.82) is 0 Å². The second-order valence-corrected chi connectivity index (χ2v) is 16.6. The van der Waals surface area contributed by atoms with Crippen molar-refractivity contribution >= 4 is 13.8 Å². The van der Waals surface area contributed by atoms with E-state index in [1.807, 2.05) is 12.2 Å². The number of phosphoric acid groups is 1. The number of phosphoric ester groups is 1. The maximum absolute atomic E-state index is 12.8. The maximum atomic E-state index is 12.8. The van der Waals surface area contributed by atoms with Gasteiger partial charge < -0.3 is 39.9 Å². The molecule has 0 aliphatic heterocycles. The molecule has 0 radical (unpaired) electrons. The third-order valence-electron chi connectivity index (χ3n) is 9.77. The van der Waals surface area contributed by atoms with Gasteiger partial charge in [-0.05, 0) is 70.6 Å². The first-order valence-corrected chi connectivity index (χ1v) is 23.9. The second kappa shape index (κ2) is 37.1. The molecule has 1 rings (SSSR count). The molecule has 1 aliphatic carbocycles. The lowest BCUT2D eigenvalue weighted by atomic mass is 9.85. The number of hydrogen-bond acceptors (Lipinski definition) is 11. The zero-order valence-electron chi connectivity index (χ0n) is 36.5. The normalized spacial score (nSPS) is 23.1. The Kier molecular flexibility index (Phi) is 34.3. The fraction of sp³-hybridized carbons (Fsp3) is 0.681. The van der Waals surface area contributed by atoms with E-state index in [0.29, 0.717) is 25.9 Å². The van der Waals surface area contributed by atoms with Crippen LogP contribution in [0.3, 0.4) is 0 Å². The lowest BCUT2D eigenvalue weighted by Crippen LogP contribution is -2.64. The van der Waals surface area contributed by atoms with Crippen LogP contribution in [0.5, 0.6) is 0 Å². The lowest BCUT2D eigenvalue weighted by Gasteiger charge is -2.41. The average molecular weight is 867 g/mol. The molecule has 0 aromatic carbocycles. The largest absolute Gasteiger partial charge is 0.472 e. The Labute approximate surface area is 361 Å². The summed E-state index contributed by atoms with van der Waals surface area (Å²) in [5.74, 6) is -0.571. The van der Waals surface area contributed by atoms with Crippen LogP contribution in [0, 0.1) is 0 Å². The van der Waals surface area contributed by atoms with E-state index in [1.54, 1.807) is 0 Å². The molecular formula is C47H79O12P. The van der Waals surface area contributed by atoms with Gasteiger partial charge in [0.05, 0.1) is 13.2 Å². The summed E-state index contributed by atoms with van der Waals surface area (Å²) in [4.78, 5) is 23.1. The van der Waals surface area contributed by atoms with Gasteiger partial charge >= 0.3 is 13.8 Å². The zero-order chi connectivity index (χ0) is 44.1. The van der Waals surface area contributed by atoms with Crippen LogP contribution in [0.25, 0.3) is 0 Å². The number of aliphatic hydroxyl groups excluding tert-OH is 5. The highest BCUT2D eigenvalue weighted by Gasteiger charge is 2.51. The molecule has 0 saturated heterocycles. The summed E-state index contributed by atoms with van der Waals surface area (Å²) < 4.78 is 34.0. The number of allylic oxidation sites excluding steroid dienone is 14. The molecule has 1 aliphatic rings. The minimum atomic E-state index is -5.05. The van der Waals surface area contributed by atoms with Gasteiger partial charge in [-0.2, -0.15) is 0 Å². The monoisotopic (exact) mass is 867 g/mol. The van der Waals surface area contributed by atoms with Crippen molar-refractivity contribution in [2.75, 3.05) is 19.8 Å². The Morgan fingerprint density at radius 3 is 1.50 bits per heavy atom. The third-order valence-corrected chi connectivity index (χ3v) is 10.8. The average Bonchev–Trinajstić information content (AvgIpc) is 3.23. The van der Waals surface area contributed by atoms with Crippen molar-refractivity contribution in [1.82, 2.24) is 0 Å². The minimum absolute atomic E-state index is 0.0499. The SMILES string of the molecule is CCC=CCC=CCC=CCC=CCC=CCC=CCCC(=O)OC(COCCCC=CCCCCCCCCCCC)COP(=O)(O)OC1C(O)C(O)C(O)C(O)C1O. The molecule has 0 aromatic heterocycles. The van der Waals surface area contributed by atoms with E-state index in [1.165, 1.54) is 57.8 Å². The number of aliphatic hydroxyl groups is 5. The molecule has 0 bridgehead atoms. The van der Waals surface area contributed by atoms with Gasteiger partial charge in [0.15, 0.2) is 0 Å². The van der Waals surface area contributed by atoms with E-state index in [-0.39, 0.29) is 13.0 Å². The van der Waals surface area contributed by atoms with Crippen LogP contribution in [-0.4, -0.2) is 98.9 Å². The number of esters is 1. The predicted octanol–water partition coefficient (Wildman–Crippen LogP) is 8.97. The Morgan fingerprint density at radius 1 is 0.550 bits per heavy atom. The molecule has 1 saturated carbocycles. The van der Waals surface area contributed by atoms with Crippen molar-refractivity contribution < 1.29 is 58.3 Å². The summed E-state index contributed by atoms with van der Waals surface area (Å²) in [6.45, 7) is 3.96. The van der Waals surface area contributed by atoms with Crippen LogP contribution in [0.15, 0.2) is 85.1 Å². The van der Waals surface area contributed by atoms with Crippen molar-refractivity contribution in [2.24, 2.45) is 0 Å². The summed E-state index contributed by atoms with van der Waals surface area (Å²) in [6, 6.07) is 0. The first-order valence-electron chi connectivity index (χ1n) is 22.4. The number of carbonyl (C=O) groups excluding carboxylic acids is 1. The van der Waals surface area contributed by atoms with E-state index < -0.39 is 63.1 Å². The van der Waals surface area contributed by atoms with Crippen LogP contribution in [0.2, 0.25) is 0 Å². The Balaban J connectivity index is 2.50. The lowest BCUT2D eigenvalue weighted by molar-refractivity contribution is -0.220. The van der Waals surface area contributed by atoms with Crippen LogP contribution in [0.4, 0.5) is 0 Å². The molecule has 13 heteroatoms. The molecule has 6 atom stereocenters. The molecule has 0 heterocycles. The molecule has 60 heavy (non-hydrogen) atoms. The van der Waals surface area contributed by atoms with Gasteiger partial charge in [-0.15, -0.1) is 0 Å². The molecule has 12 nitrogen and oxygen atoms in total. The highest BCUT2D eigenvalue weighted by atomic mass is 31.2. The molecule has 6 N–H and O–H groups in total. The predicted molar refractivity (Wildman–Crippen MR) is 239 cm³/mol. The fourth-order valence-electron chi connectivity index (χ4n) is 6.21. The van der Waals surface area contributed by atoms with Gasteiger partial charge in [-0.25, -0.2) is 4.57 Å². The standard InChI is InChI=1S/C47H79O12P/c1-3-5-7-9-11-13-15-17-19-20-21-22-23-24-26-28-30-32-34-36-41(48)58-40(38-56-37-35-33-31-29-27-25-18-16-14-12-10-8-6-4-2)39-57-60(54,55)59-47-45(52)43(50)42(49)44(51)46(47)53/h5,7,11,13,17,19,21-22,24,26,29-32,40,42-47,49-53H,3-4,6,8-10,12,14-16,18,20,23,25,27-28,33-39H2,1-2H3,(H,54,55). The summed E-state index contributed by atoms with van der Waals surface area (Å²) >= 11 is 0. The fourth-order valence-corrected chi connectivity index (χ4v) is 7.18. The van der Waals surface area contributed by atoms with Gasteiger partial charge in [0.25, 0.3) is 0 Å². The topological polar surface area (TPSA) is 192 Å². The van der Waals surface area contributed by atoms with Gasteiger partial charge in [-0.3, -0.25) is 13.8 Å². The van der Waals surface area contributed by atoms with Crippen molar-refractivity contribution in [2.45, 2.75) is 185 Å². The third kappa shape index (κ3) is 28.9. The number of rotatable bonds is 36. The summed E-state index contributed by atoms with van der Waals surface area (Å²) in [7, 11) is -5.05. The molecule has 0 spiro atoms. The summed E-state index contributed by atoms with van der Waals surface area (Å²) in [5, 5.41) is 50.1. The van der Waals surface area contributed by atoms with Crippen molar-refractivity contribution in [3.8, 4) is 0 Å². The first kappa shape index (κ1) is 55.5. The van der Waals surface area contributed by atoms with Crippen LogP contribution >= 0.6 is 7.82 Å². The number of ether oxygens (including phenoxy) is 2. The van der Waals surface area contributed by atoms with Crippen LogP contribution in [-0.2, 0) is 27.9 Å². The van der Waals surface area contributed by atoms with Gasteiger partial charge in [0.2, 0.25) is 0 Å². The molecule has 0 aromatic rings. The second-order valence-electron chi connectivity index (χ2n) is 15.2. The molecular weight excluding hydrogens is 787 g/mol. The molecule has 344 valence electrons. The van der Waals surface area contributed by atoms with E-state index in [0.717, 1.165) is 44.9 Å². The number of carbonyl (C=O) groups is 1. The van der Waals surface area contributed by atoms with E-state index in [2.05, 4.69) is 86.8 Å². The summed E-state index contributed by atoms with van der Waals surface area (Å²) in [5.41, 5.74) is 0. The smallest absolute Gasteiger partial charge is 0.457 e. The summed E-state index contributed by atoms with van der Waals surface area (Å²) in [6.07, 6.45) is 36.8. The van der Waals surface area contributed by atoms with Gasteiger partial charge in [0, 0.05) is 13.0 Å². The quantitative estimate of drug-likeness (QED) is 0.0152. The van der Waals surface area contributed by atoms with Gasteiger partial charge in [0.1, 0.15) is 42.7 Å². The molecule has 6 unspecified atom stereocenters. The van der Waals surface area contributed by atoms with E-state index in [4.69, 9.17) is 18.5 Å². The number of hydrogen-bond donors (Lipinski definition) is 6. The maximum Gasteiger partial charge on any atom is 0.472 e. The number of unbranched alkanes of at least 4 members (excludes halogenated alkanes) is 10. The minimum Gasteiger partial charge on any atom is -0.457 e. The van der Waals surface area contributed by atoms with Crippen molar-refractivity contribution in [3.63, 3.8) is 0 Å². The Hall–Kier alpha value is -2.48. The van der Waals surface area contributed by atoms with E-state index in [9.17, 15) is 39.8 Å². The van der Waals surface area contributed by atoms with Crippen molar-refractivity contribution in [3.05, 3.63) is 85.1 Å². The highest BCUT2D eigenvalue weighted by Crippen LogP contribution is 2.47. The van der Waals surface area contributed by atoms with E-state index >= 15 is 0 Å². The molecule has 1 fully saturated rings. The van der Waals surface area contributed by atoms with Crippen LogP contribution in [0.1, 0.15) is 142 Å². The Bertz CT molecular complexity index is 1310. The molecule has 0 amide bonds. The van der Waals surface area contributed by atoms with Crippen LogP contribution < -0.4 is 0 Å². The Morgan fingerprint density at radius 2 is 0.983 bits per heavy atom. The van der Waals surface area contributed by atoms with Gasteiger partial charge in [-0.1, -0.05) is 150 Å².